The molecule has 75 valence electrons. The van der Waals surface area contributed by atoms with Gasteiger partial charge in [0, 0.05) is 25.7 Å². The van der Waals surface area contributed by atoms with Crippen LogP contribution < -0.4 is 4.90 Å². The van der Waals surface area contributed by atoms with Gasteiger partial charge in [-0.2, -0.15) is 0 Å². The molecule has 0 saturated heterocycles. The first-order valence-electron chi connectivity index (χ1n) is 5.40. The minimum atomic E-state index is 1.28. The molecule has 0 aliphatic heterocycles. The minimum absolute atomic E-state index is 1.28. The van der Waals surface area contributed by atoms with E-state index in [1.165, 1.54) is 36.9 Å². The molecule has 1 heteroatoms. The number of nitrogens with zero attached hydrogens (tertiary/aromatic N) is 1. The second-order valence-corrected chi connectivity index (χ2v) is 4.25. The van der Waals surface area contributed by atoms with Gasteiger partial charge in [-0.3, -0.25) is 0 Å². The molecule has 0 bridgehead atoms. The summed E-state index contributed by atoms with van der Waals surface area (Å²) in [6.45, 7) is 0. The van der Waals surface area contributed by atoms with Crippen molar-refractivity contribution in [2.45, 2.75) is 25.7 Å². The Morgan fingerprint density at radius 1 is 0.929 bits per heavy atom. The third kappa shape index (κ3) is 1.92. The summed E-state index contributed by atoms with van der Waals surface area (Å²) in [7, 11) is 4.16. The zero-order chi connectivity index (χ0) is 9.97. The Morgan fingerprint density at radius 3 is 2.00 bits per heavy atom. The van der Waals surface area contributed by atoms with Crippen molar-refractivity contribution < 1.29 is 0 Å². The van der Waals surface area contributed by atoms with E-state index in [2.05, 4.69) is 43.3 Å². The summed E-state index contributed by atoms with van der Waals surface area (Å²) >= 11 is 0. The molecule has 0 unspecified atom stereocenters. The number of benzene rings is 1. The summed E-state index contributed by atoms with van der Waals surface area (Å²) in [6, 6.07) is 8.94. The number of hydrogen-bond acceptors (Lipinski definition) is 1. The molecule has 14 heavy (non-hydrogen) atoms. The fourth-order valence-corrected chi connectivity index (χ4v) is 2.09. The maximum absolute atomic E-state index is 2.26. The second kappa shape index (κ2) is 4.04. The molecule has 0 atom stereocenters. The SMILES string of the molecule is CN(C)c1ccc([C]2CCCC2)cc1. The Kier molecular flexibility index (Phi) is 2.76. The highest BCUT2D eigenvalue weighted by Gasteiger charge is 2.17. The molecule has 0 N–H and O–H groups in total. The van der Waals surface area contributed by atoms with Crippen molar-refractivity contribution in [3.63, 3.8) is 0 Å². The standard InChI is InChI=1S/C13H18N/c1-14(2)13-9-7-12(8-10-13)11-5-3-4-6-11/h7-10H,3-6H2,1-2H3. The Bertz CT molecular complexity index is 281. The molecule has 1 nitrogen and oxygen atoms in total. The smallest absolute Gasteiger partial charge is 0.0361 e. The summed E-state index contributed by atoms with van der Waals surface area (Å²) in [6.07, 6.45) is 5.37. The van der Waals surface area contributed by atoms with Gasteiger partial charge in [0.05, 0.1) is 0 Å². The lowest BCUT2D eigenvalue weighted by Gasteiger charge is -2.14. The first kappa shape index (κ1) is 9.57. The van der Waals surface area contributed by atoms with Gasteiger partial charge < -0.3 is 4.90 Å². The highest BCUT2D eigenvalue weighted by molar-refractivity contribution is 5.48. The fraction of sp³-hybridized carbons (Fsp3) is 0.462. The predicted octanol–water partition coefficient (Wildman–Crippen LogP) is 3.25. The van der Waals surface area contributed by atoms with Crippen LogP contribution in [0, 0.1) is 5.92 Å². The van der Waals surface area contributed by atoms with Gasteiger partial charge in [0.2, 0.25) is 0 Å². The lowest BCUT2D eigenvalue weighted by atomic mass is 9.97. The maximum Gasteiger partial charge on any atom is 0.0361 e. The quantitative estimate of drug-likeness (QED) is 0.688. The average molecular weight is 188 g/mol. The van der Waals surface area contributed by atoms with Crippen LogP contribution in [-0.2, 0) is 0 Å². The van der Waals surface area contributed by atoms with E-state index < -0.39 is 0 Å². The molecular weight excluding hydrogens is 170 g/mol. The van der Waals surface area contributed by atoms with E-state index in [-0.39, 0.29) is 0 Å². The van der Waals surface area contributed by atoms with E-state index in [9.17, 15) is 0 Å². The maximum atomic E-state index is 2.26. The lowest BCUT2D eigenvalue weighted by molar-refractivity contribution is 0.886. The Balaban J connectivity index is 2.12. The molecule has 0 aromatic heterocycles. The van der Waals surface area contributed by atoms with Crippen LogP contribution in [-0.4, -0.2) is 14.1 Å². The average Bonchev–Trinajstić information content (AvgIpc) is 2.71. The van der Waals surface area contributed by atoms with Crippen molar-refractivity contribution in [2.24, 2.45) is 0 Å². The monoisotopic (exact) mass is 188 g/mol. The van der Waals surface area contributed by atoms with Crippen molar-refractivity contribution in [2.75, 3.05) is 19.0 Å². The minimum Gasteiger partial charge on any atom is -0.378 e. The molecule has 1 saturated carbocycles. The summed E-state index contributed by atoms with van der Waals surface area (Å²) < 4.78 is 0. The molecule has 1 aliphatic carbocycles. The van der Waals surface area contributed by atoms with Gasteiger partial charge in [-0.25, -0.2) is 0 Å². The summed E-state index contributed by atoms with van der Waals surface area (Å²) in [5.74, 6) is 1.65. The van der Waals surface area contributed by atoms with E-state index in [1.807, 2.05) is 0 Å². The zero-order valence-corrected chi connectivity index (χ0v) is 9.09. The zero-order valence-electron chi connectivity index (χ0n) is 9.09. The molecule has 0 amide bonds. The van der Waals surface area contributed by atoms with Gasteiger partial charge in [0.1, 0.15) is 0 Å². The molecule has 2 rings (SSSR count). The van der Waals surface area contributed by atoms with Gasteiger partial charge in [0.15, 0.2) is 0 Å². The van der Waals surface area contributed by atoms with Gasteiger partial charge in [-0.05, 0) is 30.5 Å². The van der Waals surface area contributed by atoms with Gasteiger partial charge in [0.25, 0.3) is 0 Å². The fourth-order valence-electron chi connectivity index (χ4n) is 2.09. The van der Waals surface area contributed by atoms with Gasteiger partial charge in [-0.1, -0.05) is 25.0 Å². The third-order valence-electron chi connectivity index (χ3n) is 3.00. The molecule has 1 aromatic rings. The Morgan fingerprint density at radius 2 is 1.50 bits per heavy atom. The van der Waals surface area contributed by atoms with E-state index in [4.69, 9.17) is 0 Å². The molecule has 1 aromatic carbocycles. The van der Waals surface area contributed by atoms with Gasteiger partial charge >= 0.3 is 0 Å². The summed E-state index contributed by atoms with van der Waals surface area (Å²) in [5.41, 5.74) is 2.74. The second-order valence-electron chi connectivity index (χ2n) is 4.25. The van der Waals surface area contributed by atoms with E-state index in [0.717, 1.165) is 0 Å². The van der Waals surface area contributed by atoms with Gasteiger partial charge in [-0.15, -0.1) is 0 Å². The number of anilines is 1. The van der Waals surface area contributed by atoms with E-state index >= 15 is 0 Å². The number of hydrogen-bond donors (Lipinski definition) is 0. The van der Waals surface area contributed by atoms with Crippen LogP contribution in [0.5, 0.6) is 0 Å². The summed E-state index contributed by atoms with van der Waals surface area (Å²) in [4.78, 5) is 2.14. The van der Waals surface area contributed by atoms with Crippen LogP contribution in [0.1, 0.15) is 31.2 Å². The third-order valence-corrected chi connectivity index (χ3v) is 3.00. The van der Waals surface area contributed by atoms with Crippen LogP contribution in [0.3, 0.4) is 0 Å². The van der Waals surface area contributed by atoms with E-state index in [0.29, 0.717) is 0 Å². The molecule has 1 aliphatic rings. The van der Waals surface area contributed by atoms with Crippen LogP contribution in [0.4, 0.5) is 5.69 Å². The van der Waals surface area contributed by atoms with Crippen LogP contribution >= 0.6 is 0 Å². The van der Waals surface area contributed by atoms with E-state index in [1.54, 1.807) is 5.92 Å². The highest BCUT2D eigenvalue weighted by atomic mass is 15.1. The van der Waals surface area contributed by atoms with Crippen molar-refractivity contribution in [3.8, 4) is 0 Å². The van der Waals surface area contributed by atoms with Crippen molar-refractivity contribution >= 4 is 5.69 Å². The van der Waals surface area contributed by atoms with Crippen molar-refractivity contribution in [1.29, 1.82) is 0 Å². The molecule has 1 radical (unpaired) electrons. The van der Waals surface area contributed by atoms with Crippen LogP contribution in [0.25, 0.3) is 0 Å². The number of rotatable bonds is 2. The lowest BCUT2D eigenvalue weighted by Crippen LogP contribution is -2.08. The predicted molar refractivity (Wildman–Crippen MR) is 61.6 cm³/mol. The van der Waals surface area contributed by atoms with Crippen molar-refractivity contribution in [3.05, 3.63) is 35.7 Å². The molecule has 0 heterocycles. The van der Waals surface area contributed by atoms with Crippen LogP contribution in [0.15, 0.2) is 24.3 Å². The Hall–Kier alpha value is -0.980. The largest absolute Gasteiger partial charge is 0.378 e. The summed E-state index contributed by atoms with van der Waals surface area (Å²) in [5, 5.41) is 0. The molecule has 1 fully saturated rings. The van der Waals surface area contributed by atoms with Crippen LogP contribution in [0.2, 0.25) is 0 Å². The normalized spacial score (nSPS) is 17.3. The topological polar surface area (TPSA) is 3.24 Å². The molecule has 0 spiro atoms. The van der Waals surface area contributed by atoms with Crippen molar-refractivity contribution in [1.82, 2.24) is 0 Å². The first-order valence-corrected chi connectivity index (χ1v) is 5.40. The Labute approximate surface area is 86.7 Å². The first-order chi connectivity index (χ1) is 6.77. The molecular formula is C13H18N. The highest BCUT2D eigenvalue weighted by Crippen LogP contribution is 2.33.